The Morgan fingerprint density at radius 2 is 1.97 bits per heavy atom. The fourth-order valence-corrected chi connectivity index (χ4v) is 4.02. The molecule has 0 bridgehead atoms. The summed E-state index contributed by atoms with van der Waals surface area (Å²) in [5, 5.41) is 2.76. The number of ether oxygens (including phenoxy) is 1. The van der Waals surface area contributed by atoms with E-state index in [1.165, 1.54) is 24.3 Å². The largest absolute Gasteiger partial charge is 0.573 e. The van der Waals surface area contributed by atoms with Crippen molar-refractivity contribution in [3.8, 4) is 5.75 Å². The zero-order valence-corrected chi connectivity index (χ0v) is 17.3. The molecule has 32 heavy (non-hydrogen) atoms. The molecule has 168 valence electrons. The van der Waals surface area contributed by atoms with Crippen molar-refractivity contribution in [1.29, 1.82) is 0 Å². The molecule has 0 aromatic heterocycles. The van der Waals surface area contributed by atoms with E-state index in [0.717, 1.165) is 6.42 Å². The van der Waals surface area contributed by atoms with E-state index in [-0.39, 0.29) is 17.6 Å². The number of carbonyl (C=O) groups is 1. The summed E-state index contributed by atoms with van der Waals surface area (Å²) < 4.78 is 41.9. The molecule has 0 fully saturated rings. The van der Waals surface area contributed by atoms with Crippen LogP contribution in [-0.4, -0.2) is 48.6 Å². The minimum Gasteiger partial charge on any atom is -0.406 e. The highest BCUT2D eigenvalue weighted by atomic mass is 19.4. The lowest BCUT2D eigenvalue weighted by atomic mass is 9.81. The second kappa shape index (κ2) is 8.18. The van der Waals surface area contributed by atoms with Crippen LogP contribution in [0.5, 0.6) is 5.75 Å². The van der Waals surface area contributed by atoms with Gasteiger partial charge in [-0.1, -0.05) is 24.3 Å². The molecule has 2 aliphatic rings. The van der Waals surface area contributed by atoms with Crippen LogP contribution in [0, 0.1) is 0 Å². The molecule has 2 aliphatic heterocycles. The van der Waals surface area contributed by atoms with Gasteiger partial charge >= 0.3 is 6.36 Å². The van der Waals surface area contributed by atoms with E-state index in [1.807, 2.05) is 11.8 Å². The number of fused-ring (bicyclic) bond motifs is 1. The minimum atomic E-state index is -4.79. The third-order valence-electron chi connectivity index (χ3n) is 5.33. The van der Waals surface area contributed by atoms with Gasteiger partial charge in [-0.3, -0.25) is 14.7 Å². The van der Waals surface area contributed by atoms with Gasteiger partial charge < -0.3 is 15.8 Å². The summed E-state index contributed by atoms with van der Waals surface area (Å²) in [4.78, 5) is 23.7. The Morgan fingerprint density at radius 1 is 1.22 bits per heavy atom. The van der Waals surface area contributed by atoms with Crippen molar-refractivity contribution in [2.24, 2.45) is 15.7 Å². The molecule has 4 rings (SSSR count). The van der Waals surface area contributed by atoms with E-state index in [9.17, 15) is 18.0 Å². The average Bonchev–Trinajstić information content (AvgIpc) is 3.07. The second-order valence-electron chi connectivity index (χ2n) is 7.40. The summed E-state index contributed by atoms with van der Waals surface area (Å²) in [7, 11) is 0. The molecular weight excluding hydrogens is 423 g/mol. The number of hydrogen-bond acceptors (Lipinski definition) is 6. The van der Waals surface area contributed by atoms with Gasteiger partial charge in [0, 0.05) is 25.2 Å². The Bertz CT molecular complexity index is 1080. The van der Waals surface area contributed by atoms with Crippen LogP contribution in [0.25, 0.3) is 0 Å². The van der Waals surface area contributed by atoms with Crippen molar-refractivity contribution in [1.82, 2.24) is 10.2 Å². The van der Waals surface area contributed by atoms with E-state index >= 15 is 0 Å². The number of rotatable bonds is 5. The van der Waals surface area contributed by atoms with Crippen LogP contribution in [0.1, 0.15) is 34.8 Å². The highest BCUT2D eigenvalue weighted by Gasteiger charge is 2.49. The molecule has 2 aromatic carbocycles. The number of halogens is 3. The van der Waals surface area contributed by atoms with Crippen molar-refractivity contribution >= 4 is 17.7 Å². The van der Waals surface area contributed by atoms with Gasteiger partial charge in [-0.15, -0.1) is 13.2 Å². The number of amides is 1. The third kappa shape index (κ3) is 3.88. The number of aliphatic imine (C=N–C) groups is 2. The van der Waals surface area contributed by atoms with Crippen molar-refractivity contribution in [2.45, 2.75) is 25.2 Å². The van der Waals surface area contributed by atoms with E-state index in [1.54, 1.807) is 24.3 Å². The first-order valence-electron chi connectivity index (χ1n) is 10.2. The number of nitrogens with zero attached hydrogens (tertiary/aromatic N) is 3. The average molecular weight is 445 g/mol. The van der Waals surface area contributed by atoms with Gasteiger partial charge in [0.1, 0.15) is 11.6 Å². The molecule has 7 nitrogen and oxygen atoms in total. The van der Waals surface area contributed by atoms with Gasteiger partial charge in [-0.05, 0) is 48.7 Å². The number of nitrogens with one attached hydrogen (secondary N) is 1. The Balaban J connectivity index is 1.86. The molecule has 0 spiro atoms. The molecule has 1 unspecified atom stereocenters. The van der Waals surface area contributed by atoms with Crippen LogP contribution in [0.2, 0.25) is 0 Å². The van der Waals surface area contributed by atoms with E-state index in [4.69, 9.17) is 10.7 Å². The molecule has 0 saturated carbocycles. The smallest absolute Gasteiger partial charge is 0.406 e. The lowest BCUT2D eigenvalue weighted by Gasteiger charge is -2.33. The topological polar surface area (TPSA) is 92.3 Å². The quantitative estimate of drug-likeness (QED) is 0.740. The van der Waals surface area contributed by atoms with Gasteiger partial charge in [0.2, 0.25) is 0 Å². The number of alkyl halides is 3. The molecular formula is C22H22F3N5O2. The first kappa shape index (κ1) is 21.7. The van der Waals surface area contributed by atoms with Crippen molar-refractivity contribution in [3.63, 3.8) is 0 Å². The maximum Gasteiger partial charge on any atom is 0.573 e. The van der Waals surface area contributed by atoms with Gasteiger partial charge in [0.05, 0.1) is 0 Å². The Labute approximate surface area is 182 Å². The first-order valence-corrected chi connectivity index (χ1v) is 10.2. The predicted molar refractivity (Wildman–Crippen MR) is 114 cm³/mol. The summed E-state index contributed by atoms with van der Waals surface area (Å²) in [5.74, 6) is 0.266. The predicted octanol–water partition coefficient (Wildman–Crippen LogP) is 3.01. The van der Waals surface area contributed by atoms with Crippen LogP contribution in [-0.2, 0) is 5.54 Å². The van der Waals surface area contributed by atoms with Crippen LogP contribution in [0.15, 0.2) is 58.5 Å². The Hall–Kier alpha value is -3.56. The van der Waals surface area contributed by atoms with Crippen molar-refractivity contribution < 1.29 is 22.7 Å². The third-order valence-corrected chi connectivity index (χ3v) is 5.33. The van der Waals surface area contributed by atoms with E-state index < -0.39 is 11.9 Å². The second-order valence-corrected chi connectivity index (χ2v) is 7.40. The normalized spacial score (nSPS) is 20.3. The standard InChI is InChI=1S/C22H22F3N5O2/c1-2-27-18(31)14-5-3-6-16(13-14)21(19-28-11-4-12-30(19)20(26)29-21)15-7-9-17(10-8-15)32-22(23,24)25/h3,5-10,13H,2,4,11-12H2,1H3,(H2,26,29)(H,27,31). The molecule has 0 saturated heterocycles. The minimum absolute atomic E-state index is 0.240. The number of nitrogens with two attached hydrogens (primary N) is 1. The lowest BCUT2D eigenvalue weighted by molar-refractivity contribution is -0.274. The summed E-state index contributed by atoms with van der Waals surface area (Å²) >= 11 is 0. The SMILES string of the molecule is CCNC(=O)c1cccc(C2(c3ccc(OC(F)(F)F)cc3)N=C(N)N3CCCN=C32)c1. The molecule has 2 aromatic rings. The highest BCUT2D eigenvalue weighted by Crippen LogP contribution is 2.42. The van der Waals surface area contributed by atoms with Gasteiger partial charge in [0.15, 0.2) is 11.5 Å². The van der Waals surface area contributed by atoms with Crippen LogP contribution < -0.4 is 15.8 Å². The summed E-state index contributed by atoms with van der Waals surface area (Å²) in [6, 6.07) is 12.4. The number of benzene rings is 2. The van der Waals surface area contributed by atoms with Crippen molar-refractivity contribution in [2.75, 3.05) is 19.6 Å². The highest BCUT2D eigenvalue weighted by molar-refractivity contribution is 6.12. The summed E-state index contributed by atoms with van der Waals surface area (Å²) in [6.07, 6.45) is -3.99. The maximum atomic E-state index is 12.6. The van der Waals surface area contributed by atoms with Gasteiger partial charge in [0.25, 0.3) is 5.91 Å². The number of guanidine groups is 1. The number of hydrogen-bond donors (Lipinski definition) is 2. The molecule has 2 heterocycles. The fourth-order valence-electron chi connectivity index (χ4n) is 4.02. The Kier molecular flexibility index (Phi) is 5.53. The van der Waals surface area contributed by atoms with Crippen LogP contribution in [0.4, 0.5) is 13.2 Å². The monoisotopic (exact) mass is 445 g/mol. The first-order chi connectivity index (χ1) is 15.2. The fraction of sp³-hybridized carbons (Fsp3) is 0.318. The van der Waals surface area contributed by atoms with Crippen molar-refractivity contribution in [3.05, 3.63) is 65.2 Å². The molecule has 0 radical (unpaired) electrons. The maximum absolute atomic E-state index is 12.6. The molecule has 3 N–H and O–H groups in total. The number of amidine groups is 1. The lowest BCUT2D eigenvalue weighted by Crippen LogP contribution is -2.46. The van der Waals surface area contributed by atoms with E-state index in [0.29, 0.717) is 42.2 Å². The van der Waals surface area contributed by atoms with Crippen LogP contribution >= 0.6 is 0 Å². The molecule has 1 atom stereocenters. The van der Waals surface area contributed by atoms with Crippen LogP contribution in [0.3, 0.4) is 0 Å². The zero-order chi connectivity index (χ0) is 22.9. The molecule has 10 heteroatoms. The summed E-state index contributed by atoms with van der Waals surface area (Å²) in [6.45, 7) is 3.49. The van der Waals surface area contributed by atoms with E-state index in [2.05, 4.69) is 15.0 Å². The molecule has 1 amide bonds. The Morgan fingerprint density at radius 3 is 2.66 bits per heavy atom. The van der Waals surface area contributed by atoms with Gasteiger partial charge in [-0.25, -0.2) is 4.99 Å². The zero-order valence-electron chi connectivity index (χ0n) is 17.3. The summed E-state index contributed by atoms with van der Waals surface area (Å²) in [5.41, 5.74) is 6.68. The molecule has 0 aliphatic carbocycles. The number of carbonyl (C=O) groups excluding carboxylic acids is 1. The van der Waals surface area contributed by atoms with Gasteiger partial charge in [-0.2, -0.15) is 0 Å².